The molecule has 8 nitrogen and oxygen atoms in total. The molecule has 2 amide bonds. The highest BCUT2D eigenvalue weighted by molar-refractivity contribution is 5.94. The van der Waals surface area contributed by atoms with Crippen LogP contribution in [0.25, 0.3) is 0 Å². The van der Waals surface area contributed by atoms with Gasteiger partial charge in [0.15, 0.2) is 5.82 Å². The number of aromatic amines is 1. The first-order valence-electron chi connectivity index (χ1n) is 10.5. The van der Waals surface area contributed by atoms with E-state index < -0.39 is 0 Å². The van der Waals surface area contributed by atoms with Gasteiger partial charge in [0, 0.05) is 43.5 Å². The number of carbonyl (C=O) groups is 2. The van der Waals surface area contributed by atoms with Crippen LogP contribution >= 0.6 is 0 Å². The number of hydrogen-bond acceptors (Lipinski definition) is 5. The summed E-state index contributed by atoms with van der Waals surface area (Å²) in [4.78, 5) is 38.7. The van der Waals surface area contributed by atoms with Gasteiger partial charge in [-0.3, -0.25) is 19.7 Å². The van der Waals surface area contributed by atoms with Gasteiger partial charge in [0.05, 0.1) is 0 Å². The monoisotopic (exact) mass is 396 g/mol. The van der Waals surface area contributed by atoms with Gasteiger partial charge in [-0.05, 0) is 38.3 Å². The molecule has 154 valence electrons. The standard InChI is InChI=1S/C21H28N6O2/c1-15-23-19(25-24-15)18-14-26(20(28)16-6-3-2-4-7-16)12-5-13-27(18)21(29)17-8-10-22-11-9-17/h8-11,16,18H,2-7,12-14H2,1H3,(H,23,24,25). The highest BCUT2D eigenvalue weighted by atomic mass is 16.2. The Morgan fingerprint density at radius 1 is 1.07 bits per heavy atom. The molecular weight excluding hydrogens is 368 g/mol. The number of carbonyl (C=O) groups excluding carboxylic acids is 2. The second-order valence-electron chi connectivity index (χ2n) is 8.00. The van der Waals surface area contributed by atoms with Crippen LogP contribution < -0.4 is 0 Å². The second-order valence-corrected chi connectivity index (χ2v) is 8.00. The van der Waals surface area contributed by atoms with Crippen molar-refractivity contribution in [3.05, 3.63) is 41.7 Å². The molecule has 2 aliphatic rings. The summed E-state index contributed by atoms with van der Waals surface area (Å²) in [6, 6.07) is 3.08. The topological polar surface area (TPSA) is 95.1 Å². The van der Waals surface area contributed by atoms with Crippen LogP contribution in [-0.2, 0) is 4.79 Å². The predicted octanol–water partition coefficient (Wildman–Crippen LogP) is 2.50. The third-order valence-corrected chi connectivity index (χ3v) is 5.96. The zero-order valence-electron chi connectivity index (χ0n) is 16.9. The van der Waals surface area contributed by atoms with Crippen LogP contribution in [0.2, 0.25) is 0 Å². The van der Waals surface area contributed by atoms with Crippen molar-refractivity contribution < 1.29 is 9.59 Å². The number of hydrogen-bond donors (Lipinski definition) is 1. The molecule has 2 fully saturated rings. The van der Waals surface area contributed by atoms with Crippen molar-refractivity contribution in [3.63, 3.8) is 0 Å². The first-order chi connectivity index (χ1) is 14.1. The summed E-state index contributed by atoms with van der Waals surface area (Å²) < 4.78 is 0. The average molecular weight is 396 g/mol. The molecule has 2 aromatic rings. The molecule has 1 aliphatic heterocycles. The van der Waals surface area contributed by atoms with E-state index in [4.69, 9.17) is 0 Å². The third-order valence-electron chi connectivity index (χ3n) is 5.96. The summed E-state index contributed by atoms with van der Waals surface area (Å²) in [6.45, 7) is 3.50. The van der Waals surface area contributed by atoms with Crippen LogP contribution in [0.1, 0.15) is 66.6 Å². The van der Waals surface area contributed by atoms with Crippen molar-refractivity contribution in [2.45, 2.75) is 51.5 Å². The molecular formula is C21H28N6O2. The number of nitrogens with zero attached hydrogens (tertiary/aromatic N) is 5. The van der Waals surface area contributed by atoms with Crippen LogP contribution in [0.4, 0.5) is 0 Å². The zero-order valence-corrected chi connectivity index (χ0v) is 16.9. The molecule has 4 rings (SSSR count). The van der Waals surface area contributed by atoms with E-state index in [9.17, 15) is 9.59 Å². The maximum atomic E-state index is 13.3. The first-order valence-corrected chi connectivity index (χ1v) is 10.5. The first kappa shape index (κ1) is 19.5. The van der Waals surface area contributed by atoms with Gasteiger partial charge in [0.25, 0.3) is 5.91 Å². The van der Waals surface area contributed by atoms with Crippen LogP contribution in [0, 0.1) is 12.8 Å². The van der Waals surface area contributed by atoms with Crippen molar-refractivity contribution in [1.82, 2.24) is 30.0 Å². The summed E-state index contributed by atoms with van der Waals surface area (Å²) in [5.74, 6) is 1.52. The van der Waals surface area contributed by atoms with Gasteiger partial charge in [-0.25, -0.2) is 4.98 Å². The maximum absolute atomic E-state index is 13.3. The lowest BCUT2D eigenvalue weighted by Crippen LogP contribution is -2.42. The molecule has 0 bridgehead atoms. The largest absolute Gasteiger partial charge is 0.340 e. The lowest BCUT2D eigenvalue weighted by atomic mass is 9.88. The van der Waals surface area contributed by atoms with E-state index in [1.807, 2.05) is 16.7 Å². The Morgan fingerprint density at radius 3 is 2.52 bits per heavy atom. The van der Waals surface area contributed by atoms with Crippen LogP contribution in [0.15, 0.2) is 24.5 Å². The fraction of sp³-hybridized carbons (Fsp3) is 0.571. The van der Waals surface area contributed by atoms with Gasteiger partial charge in [-0.15, -0.1) is 0 Å². The van der Waals surface area contributed by atoms with Crippen LogP contribution in [0.5, 0.6) is 0 Å². The van der Waals surface area contributed by atoms with Crippen molar-refractivity contribution in [2.24, 2.45) is 5.92 Å². The summed E-state index contributed by atoms with van der Waals surface area (Å²) in [6.07, 6.45) is 9.40. The third kappa shape index (κ3) is 4.31. The molecule has 0 spiro atoms. The minimum atomic E-state index is -0.365. The van der Waals surface area contributed by atoms with E-state index in [1.54, 1.807) is 24.5 Å². The van der Waals surface area contributed by atoms with Gasteiger partial charge >= 0.3 is 0 Å². The number of rotatable bonds is 3. The molecule has 0 radical (unpaired) electrons. The normalized spacial score (nSPS) is 21.1. The van der Waals surface area contributed by atoms with Crippen LogP contribution in [-0.4, -0.2) is 61.4 Å². The molecule has 1 unspecified atom stereocenters. The van der Waals surface area contributed by atoms with E-state index in [-0.39, 0.29) is 23.8 Å². The van der Waals surface area contributed by atoms with Gasteiger partial charge in [-0.2, -0.15) is 5.10 Å². The van der Waals surface area contributed by atoms with Gasteiger partial charge < -0.3 is 9.80 Å². The molecule has 2 aromatic heterocycles. The number of nitrogens with one attached hydrogen (secondary N) is 1. The van der Waals surface area contributed by atoms with E-state index in [0.29, 0.717) is 36.8 Å². The van der Waals surface area contributed by atoms with E-state index in [1.165, 1.54) is 6.42 Å². The van der Waals surface area contributed by atoms with Gasteiger partial charge in [-0.1, -0.05) is 19.3 Å². The zero-order chi connectivity index (χ0) is 20.2. The molecule has 8 heteroatoms. The summed E-state index contributed by atoms with van der Waals surface area (Å²) in [5.41, 5.74) is 0.587. The van der Waals surface area contributed by atoms with E-state index >= 15 is 0 Å². The van der Waals surface area contributed by atoms with Crippen molar-refractivity contribution in [3.8, 4) is 0 Å². The smallest absolute Gasteiger partial charge is 0.254 e. The minimum Gasteiger partial charge on any atom is -0.340 e. The molecule has 1 atom stereocenters. The van der Waals surface area contributed by atoms with E-state index in [0.717, 1.165) is 32.1 Å². The molecule has 1 aliphatic carbocycles. The lowest BCUT2D eigenvalue weighted by Gasteiger charge is -2.32. The molecule has 29 heavy (non-hydrogen) atoms. The number of H-pyrrole nitrogens is 1. The highest BCUT2D eigenvalue weighted by Gasteiger charge is 2.36. The van der Waals surface area contributed by atoms with Gasteiger partial charge in [0.2, 0.25) is 5.91 Å². The van der Waals surface area contributed by atoms with Gasteiger partial charge in [0.1, 0.15) is 11.9 Å². The lowest BCUT2D eigenvalue weighted by molar-refractivity contribution is -0.136. The van der Waals surface area contributed by atoms with Crippen molar-refractivity contribution in [2.75, 3.05) is 19.6 Å². The van der Waals surface area contributed by atoms with E-state index in [2.05, 4.69) is 20.2 Å². The number of aromatic nitrogens is 4. The number of aryl methyl sites for hydroxylation is 1. The fourth-order valence-electron chi connectivity index (χ4n) is 4.43. The van der Waals surface area contributed by atoms with Crippen molar-refractivity contribution >= 4 is 11.8 Å². The Bertz CT molecular complexity index is 846. The van der Waals surface area contributed by atoms with Crippen molar-refractivity contribution in [1.29, 1.82) is 0 Å². The predicted molar refractivity (Wildman–Crippen MR) is 107 cm³/mol. The molecule has 1 saturated carbocycles. The maximum Gasteiger partial charge on any atom is 0.254 e. The Hall–Kier alpha value is -2.77. The average Bonchev–Trinajstić information content (AvgIpc) is 3.07. The fourth-order valence-corrected chi connectivity index (χ4v) is 4.43. The highest BCUT2D eigenvalue weighted by Crippen LogP contribution is 2.29. The quantitative estimate of drug-likeness (QED) is 0.860. The minimum absolute atomic E-state index is 0.0770. The summed E-state index contributed by atoms with van der Waals surface area (Å²) in [5, 5.41) is 7.21. The Kier molecular flexibility index (Phi) is 5.87. The second kappa shape index (κ2) is 8.71. The number of amides is 2. The van der Waals surface area contributed by atoms with Crippen LogP contribution in [0.3, 0.4) is 0 Å². The SMILES string of the molecule is Cc1nc(C2CN(C(=O)C3CCCCC3)CCCN2C(=O)c2ccncc2)n[nH]1. The Morgan fingerprint density at radius 2 is 1.83 bits per heavy atom. The Balaban J connectivity index is 1.60. The molecule has 1 N–H and O–H groups in total. The molecule has 3 heterocycles. The number of pyridine rings is 1. The molecule has 1 saturated heterocycles. The summed E-state index contributed by atoms with van der Waals surface area (Å²) >= 11 is 0. The Labute approximate surface area is 170 Å². The summed E-state index contributed by atoms with van der Waals surface area (Å²) in [7, 11) is 0. The molecule has 0 aromatic carbocycles.